The molecular formula is C21H31N5O3. The summed E-state index contributed by atoms with van der Waals surface area (Å²) in [5.41, 5.74) is 2.47. The van der Waals surface area contributed by atoms with Crippen LogP contribution in [0.2, 0.25) is 0 Å². The van der Waals surface area contributed by atoms with E-state index in [1.807, 2.05) is 19.1 Å². The molecule has 0 spiro atoms. The van der Waals surface area contributed by atoms with E-state index in [4.69, 9.17) is 9.73 Å². The number of aromatic nitrogens is 3. The number of carbonyl (C=O) groups is 1. The van der Waals surface area contributed by atoms with Gasteiger partial charge in [-0.1, -0.05) is 50.1 Å². The van der Waals surface area contributed by atoms with Gasteiger partial charge in [0.2, 0.25) is 17.6 Å². The molecule has 1 unspecified atom stereocenters. The van der Waals surface area contributed by atoms with Crippen molar-refractivity contribution in [1.82, 2.24) is 20.6 Å². The first kappa shape index (κ1) is 21.2. The lowest BCUT2D eigenvalue weighted by Crippen LogP contribution is -2.21. The van der Waals surface area contributed by atoms with Gasteiger partial charge in [0.05, 0.1) is 0 Å². The Morgan fingerprint density at radius 3 is 2.83 bits per heavy atom. The van der Waals surface area contributed by atoms with Crippen LogP contribution in [0.4, 0.5) is 5.82 Å². The Morgan fingerprint density at radius 1 is 1.31 bits per heavy atom. The van der Waals surface area contributed by atoms with Gasteiger partial charge >= 0.3 is 0 Å². The predicted octanol–water partition coefficient (Wildman–Crippen LogP) is 4.29. The Hall–Kier alpha value is -2.48. The first-order valence-corrected chi connectivity index (χ1v) is 10.7. The molecule has 1 aliphatic rings. The molecule has 0 radical (unpaired) electrons. The van der Waals surface area contributed by atoms with Crippen LogP contribution in [0.25, 0.3) is 11.4 Å². The van der Waals surface area contributed by atoms with Crippen LogP contribution in [0, 0.1) is 5.92 Å². The molecule has 0 aliphatic heterocycles. The summed E-state index contributed by atoms with van der Waals surface area (Å²) in [5, 5.41) is 16.1. The van der Waals surface area contributed by atoms with E-state index < -0.39 is 5.91 Å². The normalized spacial score (nSPS) is 15.8. The first-order chi connectivity index (χ1) is 14.2. The highest BCUT2D eigenvalue weighted by atomic mass is 16.5. The van der Waals surface area contributed by atoms with Crippen LogP contribution in [-0.4, -0.2) is 32.8 Å². The van der Waals surface area contributed by atoms with Crippen LogP contribution in [0.1, 0.15) is 76.5 Å². The molecule has 3 N–H and O–H groups in total. The maximum atomic E-state index is 11.8. The summed E-state index contributed by atoms with van der Waals surface area (Å²) in [6.07, 6.45) is 11.4. The largest absolute Gasteiger partial charge is 0.370 e. The van der Waals surface area contributed by atoms with Gasteiger partial charge in [0.1, 0.15) is 5.82 Å². The van der Waals surface area contributed by atoms with Crippen molar-refractivity contribution in [3.8, 4) is 11.4 Å². The molecule has 0 bridgehead atoms. The molecule has 8 nitrogen and oxygen atoms in total. The molecule has 0 saturated heterocycles. The minimum atomic E-state index is -0.441. The van der Waals surface area contributed by atoms with Crippen molar-refractivity contribution in [2.75, 3.05) is 11.9 Å². The Balaban J connectivity index is 1.64. The summed E-state index contributed by atoms with van der Waals surface area (Å²) >= 11 is 0. The lowest BCUT2D eigenvalue weighted by molar-refractivity contribution is -0.129. The number of amides is 1. The molecule has 8 heteroatoms. The van der Waals surface area contributed by atoms with E-state index in [9.17, 15) is 4.79 Å². The average Bonchev–Trinajstić information content (AvgIpc) is 3.24. The average molecular weight is 402 g/mol. The Bertz CT molecular complexity index is 756. The number of pyridine rings is 1. The topological polar surface area (TPSA) is 113 Å². The molecule has 1 amide bonds. The fourth-order valence-corrected chi connectivity index (χ4v) is 4.04. The standard InChI is InChI=1S/C21H31N5O3/c1-2-22-18-12-11-17(14-23-18)20-24-21(29-26-20)16(13-19(27)25-28)10-6-9-15-7-4-3-5-8-15/h11-12,14-16,28H,2-10,13H2,1H3,(H,22,23)(H,25,27). The monoisotopic (exact) mass is 401 g/mol. The van der Waals surface area contributed by atoms with E-state index in [1.165, 1.54) is 32.1 Å². The quantitative estimate of drug-likeness (QED) is 0.402. The van der Waals surface area contributed by atoms with E-state index in [1.54, 1.807) is 11.7 Å². The van der Waals surface area contributed by atoms with Gasteiger partial charge in [0.25, 0.3) is 0 Å². The van der Waals surface area contributed by atoms with Crippen LogP contribution in [-0.2, 0) is 4.79 Å². The van der Waals surface area contributed by atoms with Crippen LogP contribution < -0.4 is 10.8 Å². The lowest BCUT2D eigenvalue weighted by Gasteiger charge is -2.22. The molecule has 3 rings (SSSR count). The highest BCUT2D eigenvalue weighted by molar-refractivity contribution is 5.75. The number of hydrogen-bond donors (Lipinski definition) is 3. The van der Waals surface area contributed by atoms with Gasteiger partial charge in [-0.3, -0.25) is 10.0 Å². The molecular weight excluding hydrogens is 370 g/mol. The third-order valence-electron chi connectivity index (χ3n) is 5.62. The minimum Gasteiger partial charge on any atom is -0.370 e. The zero-order chi connectivity index (χ0) is 20.5. The number of hydroxylamine groups is 1. The zero-order valence-corrected chi connectivity index (χ0v) is 17.1. The second-order valence-corrected chi connectivity index (χ2v) is 7.79. The van der Waals surface area contributed by atoms with Gasteiger partial charge in [0.15, 0.2) is 0 Å². The van der Waals surface area contributed by atoms with Crippen molar-refractivity contribution in [3.05, 3.63) is 24.2 Å². The van der Waals surface area contributed by atoms with Gasteiger partial charge in [-0.05, 0) is 31.4 Å². The first-order valence-electron chi connectivity index (χ1n) is 10.7. The molecule has 2 aromatic rings. The van der Waals surface area contributed by atoms with Gasteiger partial charge < -0.3 is 9.84 Å². The molecule has 1 aliphatic carbocycles. The number of anilines is 1. The van der Waals surface area contributed by atoms with E-state index in [-0.39, 0.29) is 12.3 Å². The summed E-state index contributed by atoms with van der Waals surface area (Å²) in [6.45, 7) is 2.81. The van der Waals surface area contributed by atoms with Crippen LogP contribution in [0.15, 0.2) is 22.9 Å². The summed E-state index contributed by atoms with van der Waals surface area (Å²) in [6, 6.07) is 3.76. The van der Waals surface area contributed by atoms with E-state index in [0.717, 1.165) is 43.1 Å². The molecule has 2 aromatic heterocycles. The van der Waals surface area contributed by atoms with Gasteiger partial charge in [0, 0.05) is 30.6 Å². The van der Waals surface area contributed by atoms with Crippen LogP contribution in [0.5, 0.6) is 0 Å². The zero-order valence-electron chi connectivity index (χ0n) is 17.1. The van der Waals surface area contributed by atoms with Crippen molar-refractivity contribution < 1.29 is 14.5 Å². The van der Waals surface area contributed by atoms with Crippen molar-refractivity contribution in [2.45, 2.75) is 70.6 Å². The predicted molar refractivity (Wildman–Crippen MR) is 109 cm³/mol. The van der Waals surface area contributed by atoms with Gasteiger partial charge in [-0.25, -0.2) is 10.5 Å². The van der Waals surface area contributed by atoms with Crippen LogP contribution in [0.3, 0.4) is 0 Å². The van der Waals surface area contributed by atoms with E-state index >= 15 is 0 Å². The van der Waals surface area contributed by atoms with Gasteiger partial charge in [-0.15, -0.1) is 0 Å². The highest BCUT2D eigenvalue weighted by Crippen LogP contribution is 2.31. The Kier molecular flexibility index (Phi) is 7.98. The van der Waals surface area contributed by atoms with Gasteiger partial charge in [-0.2, -0.15) is 4.98 Å². The fourth-order valence-electron chi connectivity index (χ4n) is 4.04. The van der Waals surface area contributed by atoms with Crippen molar-refractivity contribution in [2.24, 2.45) is 5.92 Å². The molecule has 0 aromatic carbocycles. The summed E-state index contributed by atoms with van der Waals surface area (Å²) in [4.78, 5) is 20.6. The maximum absolute atomic E-state index is 11.8. The molecule has 1 fully saturated rings. The smallest absolute Gasteiger partial charge is 0.244 e. The lowest BCUT2D eigenvalue weighted by atomic mass is 9.84. The number of carbonyl (C=O) groups excluding carboxylic acids is 1. The number of nitrogens with one attached hydrogen (secondary N) is 2. The molecule has 158 valence electrons. The number of nitrogens with zero attached hydrogens (tertiary/aromatic N) is 3. The number of rotatable bonds is 10. The third kappa shape index (κ3) is 6.25. The SMILES string of the molecule is CCNc1ccc(-c2noc(C(CCCC3CCCCC3)CC(=O)NO)n2)cn1. The highest BCUT2D eigenvalue weighted by Gasteiger charge is 2.23. The van der Waals surface area contributed by atoms with Crippen molar-refractivity contribution >= 4 is 11.7 Å². The second-order valence-electron chi connectivity index (χ2n) is 7.79. The Morgan fingerprint density at radius 2 is 2.14 bits per heavy atom. The second kappa shape index (κ2) is 10.9. The van der Waals surface area contributed by atoms with E-state index in [2.05, 4.69) is 20.4 Å². The van der Waals surface area contributed by atoms with Crippen LogP contribution >= 0.6 is 0 Å². The maximum Gasteiger partial charge on any atom is 0.244 e. The minimum absolute atomic E-state index is 0.125. The third-order valence-corrected chi connectivity index (χ3v) is 5.62. The number of hydrogen-bond acceptors (Lipinski definition) is 7. The molecule has 1 saturated carbocycles. The summed E-state index contributed by atoms with van der Waals surface area (Å²) in [7, 11) is 0. The summed E-state index contributed by atoms with van der Waals surface area (Å²) < 4.78 is 5.48. The molecule has 29 heavy (non-hydrogen) atoms. The molecule has 2 heterocycles. The van der Waals surface area contributed by atoms with E-state index in [0.29, 0.717) is 11.7 Å². The molecule has 1 atom stereocenters. The van der Waals surface area contributed by atoms with Crippen molar-refractivity contribution in [1.29, 1.82) is 0 Å². The summed E-state index contributed by atoms with van der Waals surface area (Å²) in [5.74, 6) is 1.82. The van der Waals surface area contributed by atoms with Crippen molar-refractivity contribution in [3.63, 3.8) is 0 Å². The fraction of sp³-hybridized carbons (Fsp3) is 0.619. The Labute approximate surface area is 171 Å².